The van der Waals surface area contributed by atoms with Crippen molar-refractivity contribution in [3.63, 3.8) is 0 Å². The molecule has 1 aromatic rings. The molecule has 0 saturated heterocycles. The van der Waals surface area contributed by atoms with E-state index in [1.807, 2.05) is 0 Å². The van der Waals surface area contributed by atoms with Crippen molar-refractivity contribution in [3.05, 3.63) is 29.3 Å². The van der Waals surface area contributed by atoms with Crippen LogP contribution in [0.15, 0.2) is 23.1 Å². The average Bonchev–Trinajstić information content (AvgIpc) is 2.93. The zero-order chi connectivity index (χ0) is 13.5. The lowest BCUT2D eigenvalue weighted by Crippen LogP contribution is -2.27. The van der Waals surface area contributed by atoms with Crippen LogP contribution in [0.1, 0.15) is 22.3 Å². The maximum absolute atomic E-state index is 12.7. The van der Waals surface area contributed by atoms with Gasteiger partial charge in [-0.1, -0.05) is 6.07 Å². The molecule has 0 aliphatic heterocycles. The fraction of sp³-hybridized carbons (Fsp3) is 0.417. The first-order chi connectivity index (χ1) is 8.29. The van der Waals surface area contributed by atoms with E-state index in [1.165, 1.54) is 12.1 Å². The second-order valence-electron chi connectivity index (χ2n) is 4.58. The van der Waals surface area contributed by atoms with Crippen molar-refractivity contribution >= 4 is 15.7 Å². The summed E-state index contributed by atoms with van der Waals surface area (Å²) in [6.45, 7) is 1.66. The minimum atomic E-state index is -3.37. The van der Waals surface area contributed by atoms with Crippen LogP contribution in [0, 0.1) is 6.92 Å². The van der Waals surface area contributed by atoms with Crippen LogP contribution in [0.5, 0.6) is 0 Å². The summed E-state index contributed by atoms with van der Waals surface area (Å²) >= 11 is 0. The van der Waals surface area contributed by atoms with Crippen molar-refractivity contribution in [2.75, 3.05) is 6.26 Å². The van der Waals surface area contributed by atoms with E-state index < -0.39 is 28.0 Å². The van der Waals surface area contributed by atoms with Gasteiger partial charge in [0, 0.05) is 18.2 Å². The van der Waals surface area contributed by atoms with E-state index in [2.05, 4.69) is 5.32 Å². The molecular formula is C12H14FNO3S. The number of halogens is 1. The molecule has 0 spiro atoms. The number of benzene rings is 1. The van der Waals surface area contributed by atoms with Crippen LogP contribution in [-0.4, -0.2) is 32.8 Å². The van der Waals surface area contributed by atoms with Crippen LogP contribution in [0.2, 0.25) is 0 Å². The largest absolute Gasteiger partial charge is 0.346 e. The van der Waals surface area contributed by atoms with E-state index in [9.17, 15) is 17.6 Å². The molecule has 2 rings (SSSR count). The maximum atomic E-state index is 12.7. The molecule has 0 heterocycles. The summed E-state index contributed by atoms with van der Waals surface area (Å²) in [7, 11) is -3.37. The Labute approximate surface area is 105 Å². The zero-order valence-electron chi connectivity index (χ0n) is 10.1. The summed E-state index contributed by atoms with van der Waals surface area (Å²) in [5.74, 6) is -0.440. The van der Waals surface area contributed by atoms with Gasteiger partial charge in [0.15, 0.2) is 9.84 Å². The predicted octanol–water partition coefficient (Wildman–Crippen LogP) is 1.24. The Morgan fingerprint density at radius 2 is 2.06 bits per heavy atom. The average molecular weight is 271 g/mol. The third-order valence-corrected chi connectivity index (χ3v) is 4.12. The summed E-state index contributed by atoms with van der Waals surface area (Å²) in [4.78, 5) is 11.9. The summed E-state index contributed by atoms with van der Waals surface area (Å²) in [6, 6.07) is 4.01. The van der Waals surface area contributed by atoms with Gasteiger partial charge in [-0.25, -0.2) is 12.8 Å². The molecule has 0 bridgehead atoms. The molecule has 4 nitrogen and oxygen atoms in total. The van der Waals surface area contributed by atoms with Crippen LogP contribution >= 0.6 is 0 Å². The van der Waals surface area contributed by atoms with Crippen LogP contribution in [0.3, 0.4) is 0 Å². The Balaban J connectivity index is 2.27. The molecule has 1 amide bonds. The van der Waals surface area contributed by atoms with Crippen molar-refractivity contribution in [3.8, 4) is 0 Å². The van der Waals surface area contributed by atoms with E-state index in [4.69, 9.17) is 0 Å². The first-order valence-electron chi connectivity index (χ1n) is 5.54. The fourth-order valence-electron chi connectivity index (χ4n) is 1.71. The van der Waals surface area contributed by atoms with E-state index >= 15 is 0 Å². The van der Waals surface area contributed by atoms with E-state index in [1.54, 1.807) is 13.0 Å². The highest BCUT2D eigenvalue weighted by atomic mass is 32.2. The number of hydrogen-bond acceptors (Lipinski definition) is 3. The lowest BCUT2D eigenvalue weighted by molar-refractivity contribution is 0.0947. The van der Waals surface area contributed by atoms with E-state index in [-0.39, 0.29) is 10.5 Å². The molecule has 1 N–H and O–H groups in total. The number of rotatable bonds is 3. The Hall–Kier alpha value is -1.43. The van der Waals surface area contributed by atoms with Gasteiger partial charge in [0.2, 0.25) is 0 Å². The summed E-state index contributed by atoms with van der Waals surface area (Å²) in [5.41, 5.74) is 0.823. The molecule has 2 atom stereocenters. The molecule has 18 heavy (non-hydrogen) atoms. The molecule has 0 aromatic heterocycles. The van der Waals surface area contributed by atoms with Gasteiger partial charge in [-0.3, -0.25) is 4.79 Å². The number of nitrogens with one attached hydrogen (secondary N) is 1. The van der Waals surface area contributed by atoms with Gasteiger partial charge >= 0.3 is 0 Å². The van der Waals surface area contributed by atoms with Gasteiger partial charge in [0.05, 0.1) is 10.9 Å². The Bertz CT molecular complexity index is 597. The number of aryl methyl sites for hydroxylation is 1. The number of amides is 1. The van der Waals surface area contributed by atoms with Gasteiger partial charge in [-0.15, -0.1) is 0 Å². The highest BCUT2D eigenvalue weighted by Crippen LogP contribution is 2.25. The molecule has 0 radical (unpaired) electrons. The zero-order valence-corrected chi connectivity index (χ0v) is 10.9. The molecule has 0 unspecified atom stereocenters. The third-order valence-electron chi connectivity index (χ3n) is 2.88. The Morgan fingerprint density at radius 1 is 1.44 bits per heavy atom. The predicted molar refractivity (Wildman–Crippen MR) is 65.1 cm³/mol. The van der Waals surface area contributed by atoms with E-state index in [0.717, 1.165) is 6.26 Å². The third kappa shape index (κ3) is 2.69. The van der Waals surface area contributed by atoms with Crippen molar-refractivity contribution in [1.82, 2.24) is 5.32 Å². The van der Waals surface area contributed by atoms with Gasteiger partial charge in [-0.2, -0.15) is 0 Å². The molecule has 1 fully saturated rings. The van der Waals surface area contributed by atoms with Gasteiger partial charge < -0.3 is 5.32 Å². The SMILES string of the molecule is Cc1ccc(C(=O)N[C@@H]2C[C@@H]2F)cc1S(C)(=O)=O. The number of carbonyl (C=O) groups is 1. The van der Waals surface area contributed by atoms with Gasteiger partial charge in [0.25, 0.3) is 5.91 Å². The highest BCUT2D eigenvalue weighted by Gasteiger charge is 2.38. The molecule has 1 saturated carbocycles. The first kappa shape index (κ1) is 13.0. The van der Waals surface area contributed by atoms with Gasteiger partial charge in [-0.05, 0) is 24.6 Å². The van der Waals surface area contributed by atoms with Crippen molar-refractivity contribution in [1.29, 1.82) is 0 Å². The van der Waals surface area contributed by atoms with Crippen molar-refractivity contribution < 1.29 is 17.6 Å². The molecule has 6 heteroatoms. The number of sulfone groups is 1. The molecule has 98 valence electrons. The van der Waals surface area contributed by atoms with Crippen LogP contribution in [-0.2, 0) is 9.84 Å². The van der Waals surface area contributed by atoms with Crippen LogP contribution < -0.4 is 5.32 Å². The van der Waals surface area contributed by atoms with Crippen LogP contribution in [0.4, 0.5) is 4.39 Å². The second kappa shape index (κ2) is 4.35. The maximum Gasteiger partial charge on any atom is 0.251 e. The second-order valence-corrected chi connectivity index (χ2v) is 6.57. The number of hydrogen-bond donors (Lipinski definition) is 1. The Kier molecular flexibility index (Phi) is 3.14. The Morgan fingerprint density at radius 3 is 2.56 bits per heavy atom. The number of carbonyl (C=O) groups excluding carboxylic acids is 1. The molecule has 1 aliphatic carbocycles. The lowest BCUT2D eigenvalue weighted by atomic mass is 10.1. The minimum Gasteiger partial charge on any atom is -0.346 e. The topological polar surface area (TPSA) is 63.2 Å². The van der Waals surface area contributed by atoms with Crippen molar-refractivity contribution in [2.24, 2.45) is 0 Å². The highest BCUT2D eigenvalue weighted by molar-refractivity contribution is 7.90. The normalized spacial score (nSPS) is 22.6. The summed E-state index contributed by atoms with van der Waals surface area (Å²) in [6.07, 6.45) is 0.445. The molecule has 1 aliphatic rings. The summed E-state index contributed by atoms with van der Waals surface area (Å²) in [5, 5.41) is 2.51. The van der Waals surface area contributed by atoms with E-state index in [0.29, 0.717) is 12.0 Å². The molecular weight excluding hydrogens is 257 g/mol. The standard InChI is InChI=1S/C12H14FNO3S/c1-7-3-4-8(5-11(7)18(2,16)17)12(15)14-10-6-9(10)13/h3-5,9-10H,6H2,1-2H3,(H,14,15)/t9-,10+/m0/s1. The minimum absolute atomic E-state index is 0.128. The fourth-order valence-corrected chi connectivity index (χ4v) is 2.70. The molecule has 1 aromatic carbocycles. The first-order valence-corrected chi connectivity index (χ1v) is 7.44. The van der Waals surface area contributed by atoms with Crippen LogP contribution in [0.25, 0.3) is 0 Å². The quantitative estimate of drug-likeness (QED) is 0.899. The smallest absolute Gasteiger partial charge is 0.251 e. The van der Waals surface area contributed by atoms with Gasteiger partial charge in [0.1, 0.15) is 6.17 Å². The van der Waals surface area contributed by atoms with Crippen molar-refractivity contribution in [2.45, 2.75) is 30.5 Å². The lowest BCUT2D eigenvalue weighted by Gasteiger charge is -2.07. The number of alkyl halides is 1. The monoisotopic (exact) mass is 271 g/mol. The summed E-state index contributed by atoms with van der Waals surface area (Å²) < 4.78 is 35.7.